The zero-order valence-electron chi connectivity index (χ0n) is 14.9. The molecule has 2 aliphatic rings. The minimum atomic E-state index is -0.506. The fraction of sp³-hybridized carbons (Fsp3) is 0.263. The molecule has 0 fully saturated rings. The molecule has 3 aromatic heterocycles. The second-order valence-electron chi connectivity index (χ2n) is 6.76. The summed E-state index contributed by atoms with van der Waals surface area (Å²) in [5.74, 6) is 0.436. The first-order valence-electron chi connectivity index (χ1n) is 9.05. The zero-order valence-corrected chi connectivity index (χ0v) is 14.9. The Hall–Kier alpha value is -3.48. The zero-order chi connectivity index (χ0) is 19.1. The number of imidazole rings is 1. The predicted octanol–water partition coefficient (Wildman–Crippen LogP) is 0.732. The lowest BCUT2D eigenvalue weighted by molar-refractivity contribution is 0.165. The van der Waals surface area contributed by atoms with E-state index in [0.29, 0.717) is 18.0 Å². The molecule has 0 saturated heterocycles. The number of pyridine rings is 1. The average Bonchev–Trinajstić information content (AvgIpc) is 3.39. The van der Waals surface area contributed by atoms with Crippen LogP contribution in [0.4, 0.5) is 0 Å². The maximum atomic E-state index is 9.62. The molecule has 3 aromatic rings. The molecule has 9 nitrogen and oxygen atoms in total. The van der Waals surface area contributed by atoms with E-state index in [1.54, 1.807) is 12.5 Å². The van der Waals surface area contributed by atoms with E-state index in [1.165, 1.54) is 0 Å². The van der Waals surface area contributed by atoms with E-state index in [1.807, 2.05) is 35.0 Å². The maximum absolute atomic E-state index is 9.62. The standard InChI is InChI=1S/C19H18N8O/c20-8-12-9-21-16(10-28)24-19(12)26-6-4-14-17(23-11-22-14)18(26)15-7-13-3-1-2-5-27(13)25-15/h1-3,5,7,9,11,18-19,28H,4,6,10H2,(H,21,24)(H,22,23)/t18-,19?/m0/s1. The number of aromatic amines is 1. The number of rotatable bonds is 3. The molecule has 2 atom stereocenters. The molecule has 0 saturated carbocycles. The van der Waals surface area contributed by atoms with Gasteiger partial charge in [0.1, 0.15) is 24.7 Å². The lowest BCUT2D eigenvalue weighted by atomic mass is 9.97. The highest BCUT2D eigenvalue weighted by molar-refractivity contribution is 5.85. The summed E-state index contributed by atoms with van der Waals surface area (Å²) in [6, 6.07) is 9.92. The van der Waals surface area contributed by atoms with Crippen LogP contribution in [0.2, 0.25) is 0 Å². The Bertz CT molecular complexity index is 1100. The van der Waals surface area contributed by atoms with Gasteiger partial charge in [0.15, 0.2) is 0 Å². The molecule has 28 heavy (non-hydrogen) atoms. The highest BCUT2D eigenvalue weighted by atomic mass is 16.3. The Morgan fingerprint density at radius 1 is 1.36 bits per heavy atom. The first kappa shape index (κ1) is 16.7. The van der Waals surface area contributed by atoms with Crippen LogP contribution in [0.25, 0.3) is 5.52 Å². The van der Waals surface area contributed by atoms with Crippen LogP contribution in [-0.2, 0) is 6.42 Å². The van der Waals surface area contributed by atoms with Crippen molar-refractivity contribution in [3.8, 4) is 6.07 Å². The number of amidine groups is 1. The number of fused-ring (bicyclic) bond motifs is 2. The molecule has 5 heterocycles. The summed E-state index contributed by atoms with van der Waals surface area (Å²) in [7, 11) is 0. The summed E-state index contributed by atoms with van der Waals surface area (Å²) in [6.07, 6.45) is 5.48. The topological polar surface area (TPSA) is 118 Å². The highest BCUT2D eigenvalue weighted by Gasteiger charge is 2.39. The number of aromatic nitrogens is 4. The van der Waals surface area contributed by atoms with E-state index in [9.17, 15) is 10.4 Å². The minimum Gasteiger partial charge on any atom is -0.388 e. The van der Waals surface area contributed by atoms with Gasteiger partial charge < -0.3 is 15.4 Å². The lowest BCUT2D eigenvalue weighted by Crippen LogP contribution is -2.46. The van der Waals surface area contributed by atoms with Gasteiger partial charge in [-0.05, 0) is 18.2 Å². The normalized spacial score (nSPS) is 22.1. The summed E-state index contributed by atoms with van der Waals surface area (Å²) in [6.45, 7) is 0.464. The average molecular weight is 374 g/mol. The first-order valence-corrected chi connectivity index (χ1v) is 9.05. The van der Waals surface area contributed by atoms with E-state index >= 15 is 0 Å². The number of aliphatic imine (C=N–C) groups is 1. The van der Waals surface area contributed by atoms with E-state index in [-0.39, 0.29) is 12.6 Å². The Kier molecular flexibility index (Phi) is 3.93. The number of nitrogens with one attached hydrogen (secondary N) is 2. The van der Waals surface area contributed by atoms with Gasteiger partial charge in [0.2, 0.25) is 0 Å². The summed E-state index contributed by atoms with van der Waals surface area (Å²) < 4.78 is 1.83. The van der Waals surface area contributed by atoms with Crippen LogP contribution in [0.3, 0.4) is 0 Å². The van der Waals surface area contributed by atoms with Gasteiger partial charge in [-0.3, -0.25) is 4.90 Å². The fourth-order valence-corrected chi connectivity index (χ4v) is 3.88. The second-order valence-corrected chi connectivity index (χ2v) is 6.76. The molecule has 2 aliphatic heterocycles. The molecule has 0 aliphatic carbocycles. The van der Waals surface area contributed by atoms with Gasteiger partial charge >= 0.3 is 0 Å². The first-order chi connectivity index (χ1) is 13.8. The molecule has 1 unspecified atom stereocenters. The van der Waals surface area contributed by atoms with Crippen molar-refractivity contribution >= 4 is 11.4 Å². The minimum absolute atomic E-state index is 0.216. The quantitative estimate of drug-likeness (QED) is 0.622. The molecular formula is C19H18N8O. The van der Waals surface area contributed by atoms with E-state index in [0.717, 1.165) is 29.0 Å². The van der Waals surface area contributed by atoms with E-state index < -0.39 is 6.17 Å². The Morgan fingerprint density at radius 3 is 3.11 bits per heavy atom. The summed E-state index contributed by atoms with van der Waals surface area (Å²) in [5, 5.41) is 26.8. The Morgan fingerprint density at radius 2 is 2.29 bits per heavy atom. The third-order valence-electron chi connectivity index (χ3n) is 5.17. The van der Waals surface area contributed by atoms with Crippen molar-refractivity contribution < 1.29 is 5.11 Å². The SMILES string of the molecule is N#CC1=CNC(CO)=NC1N1CCc2[nH]cnc2[C@@H]1c1cc2ccccn2n1. The molecule has 0 bridgehead atoms. The van der Waals surface area contributed by atoms with Crippen molar-refractivity contribution in [2.24, 2.45) is 4.99 Å². The Balaban J connectivity index is 1.64. The largest absolute Gasteiger partial charge is 0.388 e. The molecule has 0 radical (unpaired) electrons. The maximum Gasteiger partial charge on any atom is 0.142 e. The molecule has 5 rings (SSSR count). The van der Waals surface area contributed by atoms with Crippen molar-refractivity contribution in [3.63, 3.8) is 0 Å². The molecule has 140 valence electrons. The van der Waals surface area contributed by atoms with Crippen LogP contribution in [0.5, 0.6) is 0 Å². The molecule has 0 aromatic carbocycles. The monoisotopic (exact) mass is 374 g/mol. The number of aliphatic hydroxyl groups is 1. The summed E-state index contributed by atoms with van der Waals surface area (Å²) >= 11 is 0. The van der Waals surface area contributed by atoms with Crippen LogP contribution in [0.1, 0.15) is 23.1 Å². The molecule has 0 amide bonds. The van der Waals surface area contributed by atoms with Crippen LogP contribution >= 0.6 is 0 Å². The van der Waals surface area contributed by atoms with Crippen molar-refractivity contribution in [1.82, 2.24) is 29.8 Å². The third kappa shape index (κ3) is 2.58. The van der Waals surface area contributed by atoms with Crippen molar-refractivity contribution in [3.05, 3.63) is 65.6 Å². The highest BCUT2D eigenvalue weighted by Crippen LogP contribution is 2.36. The van der Waals surface area contributed by atoms with Gasteiger partial charge in [-0.25, -0.2) is 14.5 Å². The van der Waals surface area contributed by atoms with Gasteiger partial charge in [0.05, 0.1) is 34.9 Å². The molecule has 9 heteroatoms. The number of hydrogen-bond acceptors (Lipinski definition) is 7. The van der Waals surface area contributed by atoms with Gasteiger partial charge in [0.25, 0.3) is 0 Å². The number of hydrogen-bond donors (Lipinski definition) is 3. The van der Waals surface area contributed by atoms with Gasteiger partial charge in [-0.15, -0.1) is 0 Å². The van der Waals surface area contributed by atoms with Gasteiger partial charge in [0, 0.05) is 31.1 Å². The Labute approximate surface area is 160 Å². The van der Waals surface area contributed by atoms with Crippen LogP contribution < -0.4 is 5.32 Å². The van der Waals surface area contributed by atoms with Crippen molar-refractivity contribution in [1.29, 1.82) is 5.26 Å². The predicted molar refractivity (Wildman–Crippen MR) is 101 cm³/mol. The van der Waals surface area contributed by atoms with E-state index in [2.05, 4.69) is 31.2 Å². The fourth-order valence-electron chi connectivity index (χ4n) is 3.88. The molecular weight excluding hydrogens is 356 g/mol. The molecule has 3 N–H and O–H groups in total. The third-order valence-corrected chi connectivity index (χ3v) is 5.17. The summed E-state index contributed by atoms with van der Waals surface area (Å²) in [4.78, 5) is 14.5. The van der Waals surface area contributed by atoms with Crippen LogP contribution in [-0.4, -0.2) is 54.7 Å². The van der Waals surface area contributed by atoms with Gasteiger partial charge in [-0.1, -0.05) is 6.07 Å². The summed E-state index contributed by atoms with van der Waals surface area (Å²) in [5.41, 5.74) is 4.29. The molecule has 0 spiro atoms. The number of nitrogens with zero attached hydrogens (tertiary/aromatic N) is 6. The number of aliphatic hydroxyl groups excluding tert-OH is 1. The second kappa shape index (κ2) is 6.60. The lowest BCUT2D eigenvalue weighted by Gasteiger charge is -2.38. The smallest absolute Gasteiger partial charge is 0.142 e. The number of H-pyrrole nitrogens is 1. The van der Waals surface area contributed by atoms with Crippen LogP contribution in [0, 0.1) is 11.3 Å². The number of nitriles is 1. The van der Waals surface area contributed by atoms with Gasteiger partial charge in [-0.2, -0.15) is 10.4 Å². The van der Waals surface area contributed by atoms with Crippen molar-refractivity contribution in [2.75, 3.05) is 13.2 Å². The van der Waals surface area contributed by atoms with Crippen molar-refractivity contribution in [2.45, 2.75) is 18.6 Å². The van der Waals surface area contributed by atoms with Crippen LogP contribution in [0.15, 0.2) is 53.6 Å². The van der Waals surface area contributed by atoms with E-state index in [4.69, 9.17) is 5.10 Å².